The van der Waals surface area contributed by atoms with E-state index in [0.717, 1.165) is 12.1 Å². The van der Waals surface area contributed by atoms with Crippen LogP contribution in [0.15, 0.2) is 47.6 Å². The van der Waals surface area contributed by atoms with E-state index < -0.39 is 18.0 Å². The SMILES string of the molecule is CC(=O)NC1N=C2C=CC(c3cccc(C(F)(F)F)c3)=CN2N1. The largest absolute Gasteiger partial charge is 0.416 e. The fraction of sp³-hybridized carbons (Fsp3) is 0.200. The van der Waals surface area contributed by atoms with E-state index >= 15 is 0 Å². The number of halogens is 3. The number of carbonyl (C=O) groups is 1. The van der Waals surface area contributed by atoms with E-state index in [4.69, 9.17) is 0 Å². The Bertz CT molecular complexity index is 736. The molecule has 2 heterocycles. The Kier molecular flexibility index (Phi) is 3.69. The summed E-state index contributed by atoms with van der Waals surface area (Å²) in [5.41, 5.74) is 3.26. The molecule has 2 N–H and O–H groups in total. The molecule has 1 aromatic carbocycles. The highest BCUT2D eigenvalue weighted by molar-refractivity contribution is 6.00. The van der Waals surface area contributed by atoms with Crippen LogP contribution in [0.4, 0.5) is 13.2 Å². The van der Waals surface area contributed by atoms with E-state index in [9.17, 15) is 18.0 Å². The molecule has 1 unspecified atom stereocenters. The molecule has 2 aliphatic rings. The molecule has 0 saturated carbocycles. The van der Waals surface area contributed by atoms with Crippen molar-refractivity contribution in [2.75, 3.05) is 0 Å². The fourth-order valence-electron chi connectivity index (χ4n) is 2.30. The van der Waals surface area contributed by atoms with Gasteiger partial charge in [0.05, 0.1) is 5.56 Å². The number of hydrazine groups is 1. The van der Waals surface area contributed by atoms with Crippen LogP contribution in [-0.2, 0) is 11.0 Å². The number of nitrogens with zero attached hydrogens (tertiary/aromatic N) is 2. The van der Waals surface area contributed by atoms with Gasteiger partial charge in [-0.3, -0.25) is 9.80 Å². The van der Waals surface area contributed by atoms with Crippen molar-refractivity contribution in [2.24, 2.45) is 4.99 Å². The summed E-state index contributed by atoms with van der Waals surface area (Å²) in [7, 11) is 0. The number of rotatable bonds is 2. The number of fused-ring (bicyclic) bond motifs is 1. The summed E-state index contributed by atoms with van der Waals surface area (Å²) in [4.78, 5) is 15.3. The first kappa shape index (κ1) is 15.3. The highest BCUT2D eigenvalue weighted by Crippen LogP contribution is 2.32. The summed E-state index contributed by atoms with van der Waals surface area (Å²) in [5.74, 6) is 0.331. The van der Waals surface area contributed by atoms with Crippen molar-refractivity contribution < 1.29 is 18.0 Å². The minimum Gasteiger partial charge on any atom is -0.321 e. The fourth-order valence-corrected chi connectivity index (χ4v) is 2.30. The molecule has 0 aliphatic carbocycles. The van der Waals surface area contributed by atoms with Crippen LogP contribution >= 0.6 is 0 Å². The van der Waals surface area contributed by atoms with Crippen LogP contribution in [0, 0.1) is 0 Å². The molecule has 1 amide bonds. The van der Waals surface area contributed by atoms with Gasteiger partial charge >= 0.3 is 6.18 Å². The molecule has 3 rings (SSSR count). The lowest BCUT2D eigenvalue weighted by atomic mass is 10.0. The predicted octanol–water partition coefficient (Wildman–Crippen LogP) is 2.25. The monoisotopic (exact) mass is 322 g/mol. The van der Waals surface area contributed by atoms with Gasteiger partial charge in [0.2, 0.25) is 5.91 Å². The molecular formula is C15H13F3N4O. The Hall–Kier alpha value is -2.61. The zero-order valence-corrected chi connectivity index (χ0v) is 12.1. The summed E-state index contributed by atoms with van der Waals surface area (Å²) in [6, 6.07) is 5.10. The maximum atomic E-state index is 12.8. The number of benzene rings is 1. The molecule has 0 bridgehead atoms. The van der Waals surface area contributed by atoms with E-state index in [1.807, 2.05) is 0 Å². The van der Waals surface area contributed by atoms with Gasteiger partial charge in [-0.2, -0.15) is 18.6 Å². The molecule has 0 fully saturated rings. The summed E-state index contributed by atoms with van der Waals surface area (Å²) in [6.07, 6.45) is 0.0111. The first-order valence-electron chi connectivity index (χ1n) is 6.81. The summed E-state index contributed by atoms with van der Waals surface area (Å²) in [5, 5.41) is 4.16. The van der Waals surface area contributed by atoms with Crippen LogP contribution in [-0.4, -0.2) is 23.0 Å². The number of hydrogen-bond donors (Lipinski definition) is 2. The Labute approximate surface area is 130 Å². The van der Waals surface area contributed by atoms with Gasteiger partial charge in [0.25, 0.3) is 0 Å². The van der Waals surface area contributed by atoms with Crippen molar-refractivity contribution in [1.82, 2.24) is 15.8 Å². The number of amidine groups is 1. The molecule has 1 aromatic rings. The lowest BCUT2D eigenvalue weighted by molar-refractivity contribution is -0.137. The van der Waals surface area contributed by atoms with Gasteiger partial charge < -0.3 is 5.32 Å². The van der Waals surface area contributed by atoms with E-state index in [1.165, 1.54) is 13.0 Å². The molecule has 0 aromatic heterocycles. The van der Waals surface area contributed by atoms with Gasteiger partial charge in [-0.1, -0.05) is 12.1 Å². The molecule has 0 spiro atoms. The second-order valence-corrected chi connectivity index (χ2v) is 5.09. The first-order valence-corrected chi connectivity index (χ1v) is 6.81. The van der Waals surface area contributed by atoms with Crippen LogP contribution < -0.4 is 10.7 Å². The molecule has 8 heteroatoms. The second-order valence-electron chi connectivity index (χ2n) is 5.09. The number of hydrogen-bond acceptors (Lipinski definition) is 4. The highest BCUT2D eigenvalue weighted by Gasteiger charge is 2.31. The van der Waals surface area contributed by atoms with Gasteiger partial charge in [0.1, 0.15) is 5.84 Å². The molecule has 0 saturated heterocycles. The number of alkyl halides is 3. The number of amides is 1. The van der Waals surface area contributed by atoms with Crippen LogP contribution in [0.1, 0.15) is 18.1 Å². The van der Waals surface area contributed by atoms with Crippen LogP contribution in [0.5, 0.6) is 0 Å². The Morgan fingerprint density at radius 1 is 1.35 bits per heavy atom. The van der Waals surface area contributed by atoms with E-state index in [0.29, 0.717) is 17.0 Å². The third-order valence-electron chi connectivity index (χ3n) is 3.31. The van der Waals surface area contributed by atoms with Crippen molar-refractivity contribution >= 4 is 17.3 Å². The minimum absolute atomic E-state index is 0.238. The standard InChI is InChI=1S/C15H13F3N4O/c1-9(23)19-14-20-13-6-5-11(8-22(13)21-14)10-3-2-4-12(7-10)15(16,17)18/h2-8,14,21H,1H3,(H,19,23). The summed E-state index contributed by atoms with van der Waals surface area (Å²) in [6.45, 7) is 1.37. The van der Waals surface area contributed by atoms with Crippen LogP contribution in [0.25, 0.3) is 5.57 Å². The van der Waals surface area contributed by atoms with E-state index in [-0.39, 0.29) is 5.91 Å². The zero-order chi connectivity index (χ0) is 16.6. The lowest BCUT2D eigenvalue weighted by Crippen LogP contribution is -2.45. The van der Waals surface area contributed by atoms with Gasteiger partial charge in [-0.05, 0) is 35.4 Å². The molecule has 120 valence electrons. The molecule has 2 aliphatic heterocycles. The maximum absolute atomic E-state index is 12.8. The topological polar surface area (TPSA) is 56.7 Å². The normalized spacial score (nSPS) is 20.0. The maximum Gasteiger partial charge on any atom is 0.416 e. The summed E-state index contributed by atoms with van der Waals surface area (Å²) >= 11 is 0. The van der Waals surface area contributed by atoms with E-state index in [1.54, 1.807) is 29.4 Å². The summed E-state index contributed by atoms with van der Waals surface area (Å²) < 4.78 is 38.4. The molecule has 23 heavy (non-hydrogen) atoms. The third kappa shape index (κ3) is 3.26. The number of carbonyl (C=O) groups excluding carboxylic acids is 1. The van der Waals surface area contributed by atoms with Crippen molar-refractivity contribution in [3.05, 3.63) is 53.7 Å². The number of nitrogens with one attached hydrogen (secondary N) is 2. The Morgan fingerprint density at radius 3 is 2.83 bits per heavy atom. The van der Waals surface area contributed by atoms with Gasteiger partial charge in [0.15, 0.2) is 6.29 Å². The van der Waals surface area contributed by atoms with Crippen molar-refractivity contribution in [1.29, 1.82) is 0 Å². The average molecular weight is 322 g/mol. The Balaban J connectivity index is 1.83. The zero-order valence-electron chi connectivity index (χ0n) is 12.1. The number of aliphatic imine (C=N–C) groups is 1. The quantitative estimate of drug-likeness (QED) is 0.878. The smallest absolute Gasteiger partial charge is 0.321 e. The minimum atomic E-state index is -4.38. The molecular weight excluding hydrogens is 309 g/mol. The van der Waals surface area contributed by atoms with Gasteiger partial charge in [-0.15, -0.1) is 0 Å². The van der Waals surface area contributed by atoms with Crippen molar-refractivity contribution in [2.45, 2.75) is 19.4 Å². The lowest BCUT2D eigenvalue weighted by Gasteiger charge is -2.20. The molecule has 5 nitrogen and oxygen atoms in total. The third-order valence-corrected chi connectivity index (χ3v) is 3.31. The average Bonchev–Trinajstić information content (AvgIpc) is 2.86. The second kappa shape index (κ2) is 5.54. The van der Waals surface area contributed by atoms with E-state index in [2.05, 4.69) is 15.7 Å². The van der Waals surface area contributed by atoms with Gasteiger partial charge in [0, 0.05) is 13.1 Å². The van der Waals surface area contributed by atoms with Crippen molar-refractivity contribution in [3.63, 3.8) is 0 Å². The Morgan fingerprint density at radius 2 is 2.13 bits per heavy atom. The van der Waals surface area contributed by atoms with Crippen LogP contribution in [0.3, 0.4) is 0 Å². The molecule has 0 radical (unpaired) electrons. The van der Waals surface area contributed by atoms with Crippen LogP contribution in [0.2, 0.25) is 0 Å². The first-order chi connectivity index (χ1) is 10.8. The van der Waals surface area contributed by atoms with Gasteiger partial charge in [-0.25, -0.2) is 4.99 Å². The predicted molar refractivity (Wildman–Crippen MR) is 78.6 cm³/mol. The number of allylic oxidation sites excluding steroid dienone is 2. The molecule has 1 atom stereocenters. The highest BCUT2D eigenvalue weighted by atomic mass is 19.4. The van der Waals surface area contributed by atoms with Crippen molar-refractivity contribution in [3.8, 4) is 0 Å².